The van der Waals surface area contributed by atoms with Gasteiger partial charge in [-0.3, -0.25) is 9.56 Å². The smallest absolute Gasteiger partial charge is 0.191 e. The van der Waals surface area contributed by atoms with Crippen LogP contribution >= 0.6 is 0 Å². The van der Waals surface area contributed by atoms with Gasteiger partial charge >= 0.3 is 0 Å². The topological polar surface area (TPSA) is 67.1 Å². The van der Waals surface area contributed by atoms with Crippen LogP contribution in [-0.4, -0.2) is 27.5 Å². The summed E-state index contributed by atoms with van der Waals surface area (Å²) >= 11 is 0. The van der Waals surface area contributed by atoms with E-state index in [2.05, 4.69) is 25.6 Å². The first-order valence-corrected chi connectivity index (χ1v) is 8.40. The number of guanidine groups is 1. The Labute approximate surface area is 156 Å². The van der Waals surface area contributed by atoms with Gasteiger partial charge in [-0.15, -0.1) is 0 Å². The van der Waals surface area contributed by atoms with Crippen LogP contribution in [0, 0.1) is 18.6 Å². The molecule has 0 radical (unpaired) electrons. The Balaban J connectivity index is 1.56. The molecule has 0 bridgehead atoms. The maximum Gasteiger partial charge on any atom is 0.191 e. The molecule has 2 aromatic heterocycles. The second-order valence-electron chi connectivity index (χ2n) is 5.88. The number of hydrogen-bond acceptors (Lipinski definition) is 3. The van der Waals surface area contributed by atoms with E-state index in [1.165, 1.54) is 0 Å². The summed E-state index contributed by atoms with van der Waals surface area (Å²) in [5.74, 6) is 1.19. The van der Waals surface area contributed by atoms with Crippen LogP contribution in [0.3, 0.4) is 0 Å². The van der Waals surface area contributed by atoms with Crippen molar-refractivity contribution in [3.63, 3.8) is 0 Å². The highest BCUT2D eigenvalue weighted by Gasteiger charge is 2.06. The van der Waals surface area contributed by atoms with Gasteiger partial charge in [-0.2, -0.15) is 0 Å². The third-order valence-corrected chi connectivity index (χ3v) is 4.02. The van der Waals surface area contributed by atoms with Gasteiger partial charge in [0.15, 0.2) is 5.96 Å². The van der Waals surface area contributed by atoms with Crippen LogP contribution in [0.1, 0.15) is 17.0 Å². The minimum Gasteiger partial charge on any atom is -0.352 e. The molecule has 0 unspecified atom stereocenters. The Kier molecular flexibility index (Phi) is 5.75. The van der Waals surface area contributed by atoms with Crippen LogP contribution in [0.4, 0.5) is 8.78 Å². The van der Waals surface area contributed by atoms with Crippen LogP contribution in [0.25, 0.3) is 5.82 Å². The molecule has 0 fully saturated rings. The van der Waals surface area contributed by atoms with Gasteiger partial charge in [0, 0.05) is 44.3 Å². The van der Waals surface area contributed by atoms with E-state index >= 15 is 0 Å². The molecule has 0 saturated heterocycles. The van der Waals surface area contributed by atoms with Crippen LogP contribution in [0.5, 0.6) is 0 Å². The van der Waals surface area contributed by atoms with Crippen LogP contribution in [0.2, 0.25) is 0 Å². The van der Waals surface area contributed by atoms with Crippen molar-refractivity contribution in [1.82, 2.24) is 25.2 Å². The number of aryl methyl sites for hydroxylation is 1. The van der Waals surface area contributed by atoms with Gasteiger partial charge in [0.05, 0.1) is 0 Å². The lowest BCUT2D eigenvalue weighted by molar-refractivity contribution is 0.581. The highest BCUT2D eigenvalue weighted by molar-refractivity contribution is 5.79. The summed E-state index contributed by atoms with van der Waals surface area (Å²) in [6, 6.07) is 7.22. The predicted octanol–water partition coefficient (Wildman–Crippen LogP) is 2.72. The summed E-state index contributed by atoms with van der Waals surface area (Å²) in [4.78, 5) is 12.7. The largest absolute Gasteiger partial charge is 0.352 e. The van der Waals surface area contributed by atoms with Crippen molar-refractivity contribution in [1.29, 1.82) is 0 Å². The van der Waals surface area contributed by atoms with Gasteiger partial charge in [0.25, 0.3) is 0 Å². The number of aliphatic imine (C=N–C) groups is 1. The number of halogens is 2. The Morgan fingerprint density at radius 1 is 1.11 bits per heavy atom. The van der Waals surface area contributed by atoms with E-state index in [0.29, 0.717) is 12.5 Å². The van der Waals surface area contributed by atoms with Gasteiger partial charge in [0.2, 0.25) is 0 Å². The SMILES string of the molecule is CN=C(NCc1ccc(-n2ccnc2C)nc1)NCc1cc(F)ccc1F. The molecule has 0 atom stereocenters. The molecule has 3 aromatic rings. The van der Waals surface area contributed by atoms with Crippen LogP contribution in [-0.2, 0) is 13.1 Å². The van der Waals surface area contributed by atoms with E-state index in [1.54, 1.807) is 19.4 Å². The van der Waals surface area contributed by atoms with Crippen molar-refractivity contribution >= 4 is 5.96 Å². The lowest BCUT2D eigenvalue weighted by atomic mass is 10.2. The highest BCUT2D eigenvalue weighted by atomic mass is 19.1. The molecule has 27 heavy (non-hydrogen) atoms. The van der Waals surface area contributed by atoms with Gasteiger partial charge < -0.3 is 10.6 Å². The third kappa shape index (κ3) is 4.66. The number of hydrogen-bond donors (Lipinski definition) is 2. The van der Waals surface area contributed by atoms with E-state index < -0.39 is 11.6 Å². The number of aromatic nitrogens is 3. The average molecular weight is 370 g/mol. The van der Waals surface area contributed by atoms with Crippen molar-refractivity contribution in [3.05, 3.63) is 77.5 Å². The van der Waals surface area contributed by atoms with E-state index in [4.69, 9.17) is 0 Å². The molecule has 0 aliphatic heterocycles. The number of nitrogens with zero attached hydrogens (tertiary/aromatic N) is 4. The Morgan fingerprint density at radius 3 is 2.59 bits per heavy atom. The minimum atomic E-state index is -0.476. The Morgan fingerprint density at radius 2 is 1.93 bits per heavy atom. The Hall–Kier alpha value is -3.29. The molecule has 0 aliphatic rings. The zero-order chi connectivity index (χ0) is 19.2. The summed E-state index contributed by atoms with van der Waals surface area (Å²) < 4.78 is 28.8. The number of nitrogens with one attached hydrogen (secondary N) is 2. The van der Waals surface area contributed by atoms with Gasteiger partial charge in [-0.1, -0.05) is 6.07 Å². The first-order valence-electron chi connectivity index (χ1n) is 8.40. The molecule has 0 saturated carbocycles. The summed E-state index contributed by atoms with van der Waals surface area (Å²) in [5.41, 5.74) is 1.19. The summed E-state index contributed by atoms with van der Waals surface area (Å²) in [6.07, 6.45) is 5.35. The predicted molar refractivity (Wildman–Crippen MR) is 99.5 cm³/mol. The molecule has 140 valence electrons. The third-order valence-electron chi connectivity index (χ3n) is 4.02. The minimum absolute atomic E-state index is 0.125. The van der Waals surface area contributed by atoms with Crippen LogP contribution in [0.15, 0.2) is 53.9 Å². The normalized spacial score (nSPS) is 11.5. The van der Waals surface area contributed by atoms with Gasteiger partial charge in [-0.25, -0.2) is 18.7 Å². The van der Waals surface area contributed by atoms with E-state index in [0.717, 1.165) is 35.4 Å². The van der Waals surface area contributed by atoms with Crippen molar-refractivity contribution in [2.24, 2.45) is 4.99 Å². The fourth-order valence-electron chi connectivity index (χ4n) is 2.55. The van der Waals surface area contributed by atoms with Gasteiger partial charge in [0.1, 0.15) is 23.3 Å². The molecule has 2 N–H and O–H groups in total. The average Bonchev–Trinajstić information content (AvgIpc) is 3.11. The molecule has 8 heteroatoms. The quantitative estimate of drug-likeness (QED) is 0.535. The number of benzene rings is 1. The number of imidazole rings is 1. The van der Waals surface area contributed by atoms with E-state index in [1.807, 2.05) is 29.8 Å². The standard InChI is InChI=1S/C19H20F2N6/c1-13-23-7-8-27(13)18-6-3-14(10-24-18)11-25-19(22-2)26-12-15-9-16(20)4-5-17(15)21/h3-10H,11-12H2,1-2H3,(H2,22,25,26). The number of pyridine rings is 1. The highest BCUT2D eigenvalue weighted by Crippen LogP contribution is 2.10. The molecule has 3 rings (SSSR count). The van der Waals surface area contributed by atoms with Crippen molar-refractivity contribution < 1.29 is 8.78 Å². The molecule has 0 aliphatic carbocycles. The molecular formula is C19H20F2N6. The van der Waals surface area contributed by atoms with E-state index in [-0.39, 0.29) is 12.1 Å². The zero-order valence-corrected chi connectivity index (χ0v) is 15.1. The molecular weight excluding hydrogens is 350 g/mol. The molecule has 2 heterocycles. The second-order valence-corrected chi connectivity index (χ2v) is 5.88. The van der Waals surface area contributed by atoms with Crippen molar-refractivity contribution in [2.45, 2.75) is 20.0 Å². The molecule has 0 spiro atoms. The Bertz CT molecular complexity index is 934. The van der Waals surface area contributed by atoms with Crippen LogP contribution < -0.4 is 10.6 Å². The van der Waals surface area contributed by atoms with Crippen molar-refractivity contribution in [3.8, 4) is 5.82 Å². The lowest BCUT2D eigenvalue weighted by Crippen LogP contribution is -2.36. The zero-order valence-electron chi connectivity index (χ0n) is 15.1. The second kappa shape index (κ2) is 8.39. The number of rotatable bonds is 5. The van der Waals surface area contributed by atoms with Gasteiger partial charge in [-0.05, 0) is 36.8 Å². The lowest BCUT2D eigenvalue weighted by Gasteiger charge is -2.13. The van der Waals surface area contributed by atoms with E-state index in [9.17, 15) is 8.78 Å². The summed E-state index contributed by atoms with van der Waals surface area (Å²) in [5, 5.41) is 6.08. The molecule has 0 amide bonds. The monoisotopic (exact) mass is 370 g/mol. The summed E-state index contributed by atoms with van der Waals surface area (Å²) in [6.45, 7) is 2.52. The maximum absolute atomic E-state index is 13.7. The first kappa shape index (κ1) is 18.5. The fraction of sp³-hybridized carbons (Fsp3) is 0.211. The summed E-state index contributed by atoms with van der Waals surface area (Å²) in [7, 11) is 1.61. The van der Waals surface area contributed by atoms with Crippen molar-refractivity contribution in [2.75, 3.05) is 7.05 Å². The fourth-order valence-corrected chi connectivity index (χ4v) is 2.55. The first-order chi connectivity index (χ1) is 13.1. The molecule has 1 aromatic carbocycles. The maximum atomic E-state index is 13.7. The molecule has 6 nitrogen and oxygen atoms in total.